The van der Waals surface area contributed by atoms with Gasteiger partial charge in [-0.25, -0.2) is 0 Å². The number of hydrogen-bond acceptors (Lipinski definition) is 1. The molecule has 2 fully saturated rings. The van der Waals surface area contributed by atoms with E-state index in [4.69, 9.17) is 0 Å². The Morgan fingerprint density at radius 3 is 2.89 bits per heavy atom. The SMILES string of the molecule is FC[C@]12CC[C@H]1CNC2. The number of fused-ring (bicyclic) bond motifs is 1. The minimum Gasteiger partial charge on any atom is -0.316 e. The van der Waals surface area contributed by atoms with Crippen LogP contribution in [0.25, 0.3) is 0 Å². The van der Waals surface area contributed by atoms with Crippen LogP contribution < -0.4 is 5.32 Å². The Balaban J connectivity index is 2.10. The van der Waals surface area contributed by atoms with Crippen molar-refractivity contribution in [2.45, 2.75) is 12.8 Å². The van der Waals surface area contributed by atoms with Gasteiger partial charge in [0.05, 0.1) is 6.67 Å². The van der Waals surface area contributed by atoms with E-state index >= 15 is 0 Å². The highest BCUT2D eigenvalue weighted by atomic mass is 19.1. The van der Waals surface area contributed by atoms with E-state index < -0.39 is 0 Å². The first-order valence-electron chi connectivity index (χ1n) is 3.64. The van der Waals surface area contributed by atoms with Crippen LogP contribution in [0.15, 0.2) is 0 Å². The summed E-state index contributed by atoms with van der Waals surface area (Å²) in [4.78, 5) is 0. The summed E-state index contributed by atoms with van der Waals surface area (Å²) >= 11 is 0. The van der Waals surface area contributed by atoms with E-state index in [1.165, 1.54) is 6.42 Å². The van der Waals surface area contributed by atoms with Crippen LogP contribution >= 0.6 is 0 Å². The van der Waals surface area contributed by atoms with Gasteiger partial charge in [-0.1, -0.05) is 0 Å². The van der Waals surface area contributed by atoms with Crippen LogP contribution in [-0.4, -0.2) is 19.8 Å². The highest BCUT2D eigenvalue weighted by molar-refractivity contribution is 5.02. The minimum absolute atomic E-state index is 0.0972. The van der Waals surface area contributed by atoms with E-state index in [-0.39, 0.29) is 12.1 Å². The molecule has 1 heterocycles. The zero-order valence-electron chi connectivity index (χ0n) is 5.49. The second-order valence-electron chi connectivity index (χ2n) is 3.36. The van der Waals surface area contributed by atoms with Gasteiger partial charge in [0.1, 0.15) is 0 Å². The molecule has 0 bridgehead atoms. The summed E-state index contributed by atoms with van der Waals surface area (Å²) in [7, 11) is 0. The van der Waals surface area contributed by atoms with Gasteiger partial charge in [0.2, 0.25) is 0 Å². The van der Waals surface area contributed by atoms with Crippen LogP contribution in [0, 0.1) is 11.3 Å². The van der Waals surface area contributed by atoms with Gasteiger partial charge in [0.15, 0.2) is 0 Å². The monoisotopic (exact) mass is 129 g/mol. The molecule has 2 atom stereocenters. The van der Waals surface area contributed by atoms with Gasteiger partial charge in [-0.2, -0.15) is 0 Å². The zero-order valence-corrected chi connectivity index (χ0v) is 5.49. The molecule has 0 amide bonds. The minimum atomic E-state index is -0.106. The topological polar surface area (TPSA) is 12.0 Å². The van der Waals surface area contributed by atoms with Crippen molar-refractivity contribution in [3.8, 4) is 0 Å². The number of nitrogens with one attached hydrogen (secondary N) is 1. The average molecular weight is 129 g/mol. The second-order valence-corrected chi connectivity index (χ2v) is 3.36. The predicted octanol–water partition coefficient (Wildman–Crippen LogP) is 0.956. The maximum Gasteiger partial charge on any atom is 0.0965 e. The smallest absolute Gasteiger partial charge is 0.0965 e. The molecule has 2 heteroatoms. The van der Waals surface area contributed by atoms with Crippen LogP contribution in [0.1, 0.15) is 12.8 Å². The van der Waals surface area contributed by atoms with E-state index in [2.05, 4.69) is 5.32 Å². The molecule has 52 valence electrons. The van der Waals surface area contributed by atoms with Crippen LogP contribution in [0.2, 0.25) is 0 Å². The molecular weight excluding hydrogens is 117 g/mol. The Hall–Kier alpha value is -0.110. The van der Waals surface area contributed by atoms with Crippen molar-refractivity contribution in [1.29, 1.82) is 0 Å². The summed E-state index contributed by atoms with van der Waals surface area (Å²) < 4.78 is 12.3. The van der Waals surface area contributed by atoms with Gasteiger partial charge < -0.3 is 5.32 Å². The van der Waals surface area contributed by atoms with E-state index in [1.807, 2.05) is 0 Å². The molecule has 1 saturated carbocycles. The molecule has 2 aliphatic rings. The molecule has 0 radical (unpaired) electrons. The fourth-order valence-electron chi connectivity index (χ4n) is 2.03. The highest BCUT2D eigenvalue weighted by Crippen LogP contribution is 2.49. The molecule has 2 rings (SSSR count). The lowest BCUT2D eigenvalue weighted by molar-refractivity contribution is 0.0534. The van der Waals surface area contributed by atoms with Crippen molar-refractivity contribution in [1.82, 2.24) is 5.32 Å². The van der Waals surface area contributed by atoms with Crippen LogP contribution in [0.5, 0.6) is 0 Å². The molecule has 9 heavy (non-hydrogen) atoms. The lowest BCUT2D eigenvalue weighted by Crippen LogP contribution is -2.41. The van der Waals surface area contributed by atoms with Crippen molar-refractivity contribution >= 4 is 0 Å². The Labute approximate surface area is 54.6 Å². The predicted molar refractivity (Wildman–Crippen MR) is 34.0 cm³/mol. The highest BCUT2D eigenvalue weighted by Gasteiger charge is 2.49. The quantitative estimate of drug-likeness (QED) is 0.556. The van der Waals surface area contributed by atoms with E-state index in [0.717, 1.165) is 19.5 Å². The Morgan fingerprint density at radius 2 is 2.56 bits per heavy atom. The molecule has 1 aliphatic heterocycles. The summed E-state index contributed by atoms with van der Waals surface area (Å²) in [6.45, 7) is 1.88. The summed E-state index contributed by atoms with van der Waals surface area (Å²) in [5.74, 6) is 0.669. The zero-order chi connectivity index (χ0) is 6.32. The third-order valence-corrected chi connectivity index (χ3v) is 2.99. The fourth-order valence-corrected chi connectivity index (χ4v) is 2.03. The van der Waals surface area contributed by atoms with Gasteiger partial charge in [0.25, 0.3) is 0 Å². The first kappa shape index (κ1) is 5.66. The molecule has 1 nitrogen and oxygen atoms in total. The van der Waals surface area contributed by atoms with Gasteiger partial charge in [-0.05, 0) is 25.3 Å². The van der Waals surface area contributed by atoms with Crippen molar-refractivity contribution in [3.63, 3.8) is 0 Å². The van der Waals surface area contributed by atoms with Crippen LogP contribution in [0.4, 0.5) is 4.39 Å². The standard InChI is InChI=1S/C7H12FN/c8-4-7-2-1-6(7)3-9-5-7/h6,9H,1-5H2/t6-,7-/m0/s1. The molecule has 0 unspecified atom stereocenters. The molecule has 1 N–H and O–H groups in total. The molecule has 0 aromatic rings. The van der Waals surface area contributed by atoms with Gasteiger partial charge in [-0.15, -0.1) is 0 Å². The summed E-state index contributed by atoms with van der Waals surface area (Å²) in [6, 6.07) is 0. The summed E-state index contributed by atoms with van der Waals surface area (Å²) in [5.41, 5.74) is 0.0972. The Bertz CT molecular complexity index is 122. The van der Waals surface area contributed by atoms with Crippen LogP contribution in [0.3, 0.4) is 0 Å². The largest absolute Gasteiger partial charge is 0.316 e. The third kappa shape index (κ3) is 0.571. The average Bonchev–Trinajstić information content (AvgIpc) is 2.10. The number of rotatable bonds is 1. The second kappa shape index (κ2) is 1.69. The lowest BCUT2D eigenvalue weighted by Gasteiger charge is -2.41. The first-order valence-corrected chi connectivity index (χ1v) is 3.64. The van der Waals surface area contributed by atoms with Crippen molar-refractivity contribution in [3.05, 3.63) is 0 Å². The van der Waals surface area contributed by atoms with Crippen LogP contribution in [-0.2, 0) is 0 Å². The number of halogens is 1. The molecule has 1 saturated heterocycles. The Kier molecular flexibility index (Phi) is 1.06. The lowest BCUT2D eigenvalue weighted by atomic mass is 9.63. The number of hydrogen-bond donors (Lipinski definition) is 1. The molecule has 0 aromatic heterocycles. The maximum absolute atomic E-state index is 12.3. The molecule has 1 aliphatic carbocycles. The maximum atomic E-state index is 12.3. The van der Waals surface area contributed by atoms with Crippen molar-refractivity contribution < 1.29 is 4.39 Å². The van der Waals surface area contributed by atoms with Gasteiger partial charge >= 0.3 is 0 Å². The van der Waals surface area contributed by atoms with Gasteiger partial charge in [0, 0.05) is 12.0 Å². The first-order chi connectivity index (χ1) is 4.37. The van der Waals surface area contributed by atoms with E-state index in [9.17, 15) is 4.39 Å². The normalized spacial score (nSPS) is 48.3. The molecule has 0 spiro atoms. The summed E-state index contributed by atoms with van der Waals surface area (Å²) in [6.07, 6.45) is 2.36. The van der Waals surface area contributed by atoms with Gasteiger partial charge in [-0.3, -0.25) is 4.39 Å². The van der Waals surface area contributed by atoms with E-state index in [0.29, 0.717) is 5.92 Å². The third-order valence-electron chi connectivity index (χ3n) is 2.99. The van der Waals surface area contributed by atoms with Crippen molar-refractivity contribution in [2.24, 2.45) is 11.3 Å². The summed E-state index contributed by atoms with van der Waals surface area (Å²) in [5, 5.41) is 3.24. The fraction of sp³-hybridized carbons (Fsp3) is 1.00. The van der Waals surface area contributed by atoms with Crippen molar-refractivity contribution in [2.75, 3.05) is 19.8 Å². The Morgan fingerprint density at radius 1 is 1.67 bits per heavy atom. The molecular formula is C7H12FN. The van der Waals surface area contributed by atoms with E-state index in [1.54, 1.807) is 0 Å². The molecule has 0 aromatic carbocycles. The number of alkyl halides is 1.